The molecule has 0 unspecified atom stereocenters. The molecule has 1 heterocycles. The molecule has 2 atom stereocenters. The van der Waals surface area contributed by atoms with Gasteiger partial charge in [0.15, 0.2) is 0 Å². The van der Waals surface area contributed by atoms with E-state index in [1.807, 2.05) is 0 Å². The molecule has 2 aliphatic rings. The Hall–Kier alpha value is -0.570. The molecule has 1 saturated carbocycles. The largest absolute Gasteiger partial charge is 0.351 e. The van der Waals surface area contributed by atoms with Gasteiger partial charge in [-0.15, -0.1) is 0 Å². The Balaban J connectivity index is 1.99. The molecule has 9 heavy (non-hydrogen) atoms. The van der Waals surface area contributed by atoms with Crippen LogP contribution in [0.1, 0.15) is 12.8 Å². The normalized spacial score (nSPS) is 40.7. The van der Waals surface area contributed by atoms with Crippen molar-refractivity contribution in [2.24, 2.45) is 0 Å². The fourth-order valence-corrected chi connectivity index (χ4v) is 1.40. The highest BCUT2D eigenvalue weighted by Gasteiger charge is 2.34. The van der Waals surface area contributed by atoms with Gasteiger partial charge in [-0.1, -0.05) is 0 Å². The van der Waals surface area contributed by atoms with E-state index in [-0.39, 0.29) is 5.91 Å². The van der Waals surface area contributed by atoms with Crippen LogP contribution in [0.4, 0.5) is 0 Å². The van der Waals surface area contributed by atoms with Crippen molar-refractivity contribution in [2.75, 3.05) is 6.54 Å². The smallest absolute Gasteiger partial charge is 0.234 e. The molecule has 1 amide bonds. The summed E-state index contributed by atoms with van der Waals surface area (Å²) in [6, 6.07) is 1.04. The second-order valence-corrected chi connectivity index (χ2v) is 2.74. The Labute approximate surface area is 53.8 Å². The van der Waals surface area contributed by atoms with Crippen LogP contribution >= 0.6 is 0 Å². The van der Waals surface area contributed by atoms with Gasteiger partial charge in [0.2, 0.25) is 5.91 Å². The van der Waals surface area contributed by atoms with Gasteiger partial charge in [0.1, 0.15) is 0 Å². The lowest BCUT2D eigenvalue weighted by molar-refractivity contribution is -0.124. The van der Waals surface area contributed by atoms with Crippen LogP contribution in [0.3, 0.4) is 0 Å². The molecule has 1 saturated heterocycles. The average molecular weight is 126 g/mol. The first-order valence-electron chi connectivity index (χ1n) is 3.39. The first kappa shape index (κ1) is 5.23. The lowest BCUT2D eigenvalue weighted by Crippen LogP contribution is -2.63. The van der Waals surface area contributed by atoms with Crippen LogP contribution in [0.25, 0.3) is 0 Å². The van der Waals surface area contributed by atoms with Crippen LogP contribution in [0.5, 0.6) is 0 Å². The Kier molecular flexibility index (Phi) is 0.990. The second kappa shape index (κ2) is 1.70. The molecule has 2 rings (SSSR count). The molecule has 0 radical (unpaired) electrons. The molecule has 1 aliphatic heterocycles. The van der Waals surface area contributed by atoms with Crippen LogP contribution in [0.15, 0.2) is 0 Å². The van der Waals surface area contributed by atoms with Crippen LogP contribution in [0, 0.1) is 0 Å². The zero-order chi connectivity index (χ0) is 6.27. The highest BCUT2D eigenvalue weighted by molar-refractivity contribution is 5.79. The van der Waals surface area contributed by atoms with E-state index in [0.717, 1.165) is 6.42 Å². The highest BCUT2D eigenvalue weighted by atomic mass is 16.2. The van der Waals surface area contributed by atoms with Crippen molar-refractivity contribution >= 4 is 5.91 Å². The van der Waals surface area contributed by atoms with E-state index in [9.17, 15) is 4.79 Å². The maximum Gasteiger partial charge on any atom is 0.234 e. The molecule has 2 fully saturated rings. The van der Waals surface area contributed by atoms with Crippen molar-refractivity contribution in [1.82, 2.24) is 10.6 Å². The molecule has 0 spiro atoms. The summed E-state index contributed by atoms with van der Waals surface area (Å²) in [4.78, 5) is 10.7. The summed E-state index contributed by atoms with van der Waals surface area (Å²) in [5.74, 6) is 0.149. The molecule has 0 aromatic rings. The van der Waals surface area contributed by atoms with Crippen molar-refractivity contribution in [3.05, 3.63) is 0 Å². The quantitative estimate of drug-likeness (QED) is 0.448. The zero-order valence-electron chi connectivity index (χ0n) is 5.18. The summed E-state index contributed by atoms with van der Waals surface area (Å²) in [7, 11) is 0. The van der Waals surface area contributed by atoms with E-state index in [0.29, 0.717) is 18.6 Å². The Morgan fingerprint density at radius 2 is 2.11 bits per heavy atom. The minimum atomic E-state index is 0.149. The van der Waals surface area contributed by atoms with Crippen LogP contribution < -0.4 is 10.6 Å². The lowest BCUT2D eigenvalue weighted by atomic mass is 9.85. The van der Waals surface area contributed by atoms with Gasteiger partial charge >= 0.3 is 0 Å². The number of carbonyl (C=O) groups is 1. The molecule has 50 valence electrons. The lowest BCUT2D eigenvalue weighted by Gasteiger charge is -2.41. The van der Waals surface area contributed by atoms with Crippen LogP contribution in [-0.4, -0.2) is 24.5 Å². The minimum Gasteiger partial charge on any atom is -0.351 e. The number of hydrogen-bond acceptors (Lipinski definition) is 2. The van der Waals surface area contributed by atoms with Crippen molar-refractivity contribution < 1.29 is 4.79 Å². The van der Waals surface area contributed by atoms with Gasteiger partial charge in [-0.05, 0) is 12.8 Å². The summed E-state index contributed by atoms with van der Waals surface area (Å²) in [6.07, 6.45) is 2.38. The molecule has 0 aromatic heterocycles. The molecular formula is C6H10N2O. The number of hydrogen-bond donors (Lipinski definition) is 2. The van der Waals surface area contributed by atoms with E-state index < -0.39 is 0 Å². The van der Waals surface area contributed by atoms with Crippen molar-refractivity contribution in [3.8, 4) is 0 Å². The standard InChI is InChI=1S/C6H10N2O/c9-6-3-7-4-1-2-5(4)8-6/h4-5,7H,1-3H2,(H,8,9)/t4-,5-/m1/s1. The highest BCUT2D eigenvalue weighted by Crippen LogP contribution is 2.21. The number of carbonyl (C=O) groups excluding carboxylic acids is 1. The Bertz CT molecular complexity index is 146. The molecule has 3 nitrogen and oxygen atoms in total. The summed E-state index contributed by atoms with van der Waals surface area (Å²) >= 11 is 0. The third-order valence-corrected chi connectivity index (χ3v) is 2.15. The summed E-state index contributed by atoms with van der Waals surface area (Å²) in [5.41, 5.74) is 0. The second-order valence-electron chi connectivity index (χ2n) is 2.74. The topological polar surface area (TPSA) is 41.1 Å². The average Bonchev–Trinajstić information content (AvgIpc) is 1.78. The van der Waals surface area contributed by atoms with E-state index in [4.69, 9.17) is 0 Å². The van der Waals surface area contributed by atoms with Gasteiger partial charge in [0.05, 0.1) is 6.54 Å². The summed E-state index contributed by atoms with van der Waals surface area (Å²) in [6.45, 7) is 0.515. The maximum atomic E-state index is 10.7. The third-order valence-electron chi connectivity index (χ3n) is 2.15. The molecule has 1 aliphatic carbocycles. The third kappa shape index (κ3) is 0.721. The zero-order valence-corrected chi connectivity index (χ0v) is 5.18. The van der Waals surface area contributed by atoms with E-state index in [2.05, 4.69) is 10.6 Å². The number of piperazine rings is 1. The first-order valence-corrected chi connectivity index (χ1v) is 3.39. The van der Waals surface area contributed by atoms with Gasteiger partial charge in [-0.2, -0.15) is 0 Å². The van der Waals surface area contributed by atoms with Crippen molar-refractivity contribution in [2.45, 2.75) is 24.9 Å². The number of fused-ring (bicyclic) bond motifs is 1. The van der Waals surface area contributed by atoms with Gasteiger partial charge in [0, 0.05) is 12.1 Å². The number of nitrogens with one attached hydrogen (secondary N) is 2. The van der Waals surface area contributed by atoms with Crippen LogP contribution in [-0.2, 0) is 4.79 Å². The predicted octanol–water partition coefficient (Wildman–Crippen LogP) is -0.763. The fourth-order valence-electron chi connectivity index (χ4n) is 1.40. The maximum absolute atomic E-state index is 10.7. The fraction of sp³-hybridized carbons (Fsp3) is 0.833. The number of rotatable bonds is 0. The van der Waals surface area contributed by atoms with Gasteiger partial charge in [-0.25, -0.2) is 0 Å². The predicted molar refractivity (Wildman–Crippen MR) is 33.0 cm³/mol. The van der Waals surface area contributed by atoms with E-state index in [1.165, 1.54) is 6.42 Å². The van der Waals surface area contributed by atoms with Crippen molar-refractivity contribution in [3.63, 3.8) is 0 Å². The molecule has 0 aromatic carbocycles. The molecule has 3 heteroatoms. The molecule has 0 bridgehead atoms. The summed E-state index contributed by atoms with van der Waals surface area (Å²) < 4.78 is 0. The van der Waals surface area contributed by atoms with Gasteiger partial charge in [-0.3, -0.25) is 4.79 Å². The summed E-state index contributed by atoms with van der Waals surface area (Å²) in [5, 5.41) is 6.07. The van der Waals surface area contributed by atoms with E-state index >= 15 is 0 Å². The molecular weight excluding hydrogens is 116 g/mol. The first-order chi connectivity index (χ1) is 4.36. The molecule has 2 N–H and O–H groups in total. The minimum absolute atomic E-state index is 0.149. The SMILES string of the molecule is O=C1CN[C@@H]2CC[C@H]2N1. The Morgan fingerprint density at radius 3 is 2.56 bits per heavy atom. The monoisotopic (exact) mass is 126 g/mol. The van der Waals surface area contributed by atoms with E-state index in [1.54, 1.807) is 0 Å². The van der Waals surface area contributed by atoms with Gasteiger partial charge < -0.3 is 10.6 Å². The van der Waals surface area contributed by atoms with Crippen LogP contribution in [0.2, 0.25) is 0 Å². The van der Waals surface area contributed by atoms with Gasteiger partial charge in [0.25, 0.3) is 0 Å². The number of amides is 1. The van der Waals surface area contributed by atoms with Crippen molar-refractivity contribution in [1.29, 1.82) is 0 Å². The Morgan fingerprint density at radius 1 is 1.33 bits per heavy atom.